The average molecular weight is 400 g/mol. The van der Waals surface area contributed by atoms with Crippen molar-refractivity contribution < 1.29 is 27.4 Å². The van der Waals surface area contributed by atoms with Crippen LogP contribution in [0.15, 0.2) is 48.7 Å². The number of ether oxygens (including phenoxy) is 2. The minimum atomic E-state index is -4.48. The number of hydrogen-bond donors (Lipinski definition) is 1. The van der Waals surface area contributed by atoms with Crippen molar-refractivity contribution in [2.24, 2.45) is 0 Å². The highest BCUT2D eigenvalue weighted by molar-refractivity contribution is 6.32. The van der Waals surface area contributed by atoms with Crippen molar-refractivity contribution in [3.05, 3.63) is 70.4 Å². The van der Waals surface area contributed by atoms with Crippen molar-refractivity contribution in [1.82, 2.24) is 5.32 Å². The lowest BCUT2D eigenvalue weighted by Crippen LogP contribution is -2.20. The third-order valence-corrected chi connectivity index (χ3v) is 3.95. The molecule has 0 spiro atoms. The second-order valence-corrected chi connectivity index (χ2v) is 5.84. The lowest BCUT2D eigenvalue weighted by Gasteiger charge is -2.14. The molecule has 0 aliphatic carbocycles. The van der Waals surface area contributed by atoms with Gasteiger partial charge in [-0.2, -0.15) is 13.2 Å². The van der Waals surface area contributed by atoms with E-state index in [1.54, 1.807) is 24.3 Å². The first kappa shape index (κ1) is 20.6. The molecule has 0 fully saturated rings. The molecule has 0 aromatic heterocycles. The van der Waals surface area contributed by atoms with Crippen molar-refractivity contribution in [2.75, 3.05) is 14.2 Å². The van der Waals surface area contributed by atoms with Crippen LogP contribution in [0.4, 0.5) is 13.2 Å². The summed E-state index contributed by atoms with van der Waals surface area (Å²) in [6.07, 6.45) is -3.18. The van der Waals surface area contributed by atoms with Crippen LogP contribution in [0.2, 0.25) is 5.02 Å². The Balaban J connectivity index is 2.27. The van der Waals surface area contributed by atoms with E-state index in [0.29, 0.717) is 11.1 Å². The topological polar surface area (TPSA) is 47.6 Å². The molecule has 8 heteroatoms. The number of carbonyl (C=O) groups excluding carboxylic acids is 1. The Morgan fingerprint density at radius 1 is 1.22 bits per heavy atom. The number of nitrogens with one attached hydrogen (secondary N) is 1. The molecule has 2 rings (SSSR count). The van der Waals surface area contributed by atoms with E-state index in [2.05, 4.69) is 5.32 Å². The molecule has 144 valence electrons. The molecule has 0 bridgehead atoms. The van der Waals surface area contributed by atoms with Crippen LogP contribution >= 0.6 is 11.6 Å². The van der Waals surface area contributed by atoms with Crippen LogP contribution in [0.1, 0.15) is 16.7 Å². The van der Waals surface area contributed by atoms with Crippen LogP contribution in [-0.4, -0.2) is 20.1 Å². The minimum absolute atomic E-state index is 0.000688. The maximum Gasteiger partial charge on any atom is 0.416 e. The highest BCUT2D eigenvalue weighted by atomic mass is 35.5. The maximum absolute atomic E-state index is 12.7. The van der Waals surface area contributed by atoms with E-state index in [-0.39, 0.29) is 28.9 Å². The molecule has 0 aliphatic rings. The lowest BCUT2D eigenvalue weighted by molar-refractivity contribution is -0.137. The summed E-state index contributed by atoms with van der Waals surface area (Å²) in [5.41, 5.74) is 0.644. The van der Waals surface area contributed by atoms with Crippen molar-refractivity contribution in [3.63, 3.8) is 0 Å². The molecule has 0 unspecified atom stereocenters. The molecular weight excluding hydrogens is 383 g/mol. The van der Waals surface area contributed by atoms with Gasteiger partial charge in [-0.1, -0.05) is 35.9 Å². The van der Waals surface area contributed by atoms with Crippen LogP contribution in [-0.2, 0) is 22.3 Å². The molecule has 1 amide bonds. The van der Waals surface area contributed by atoms with Gasteiger partial charge in [-0.05, 0) is 29.3 Å². The van der Waals surface area contributed by atoms with E-state index < -0.39 is 11.7 Å². The van der Waals surface area contributed by atoms with E-state index >= 15 is 0 Å². The third kappa shape index (κ3) is 5.17. The summed E-state index contributed by atoms with van der Waals surface area (Å²) in [5.74, 6) is -0.242. The molecule has 1 N–H and O–H groups in total. The summed E-state index contributed by atoms with van der Waals surface area (Å²) in [6.45, 7) is -0.000688. The van der Waals surface area contributed by atoms with Crippen LogP contribution in [0.25, 0.3) is 5.57 Å². The average Bonchev–Trinajstić information content (AvgIpc) is 2.64. The number of hydrogen-bond acceptors (Lipinski definition) is 3. The summed E-state index contributed by atoms with van der Waals surface area (Å²) in [7, 11) is 2.91. The zero-order valence-electron chi connectivity index (χ0n) is 14.6. The Bertz CT molecular complexity index is 850. The van der Waals surface area contributed by atoms with Gasteiger partial charge in [-0.15, -0.1) is 0 Å². The van der Waals surface area contributed by atoms with Gasteiger partial charge in [0.1, 0.15) is 12.4 Å². The molecule has 2 aromatic rings. The van der Waals surface area contributed by atoms with E-state index in [0.717, 1.165) is 12.1 Å². The number of alkyl halides is 3. The monoisotopic (exact) mass is 399 g/mol. The van der Waals surface area contributed by atoms with Gasteiger partial charge in [0.15, 0.2) is 0 Å². The van der Waals surface area contributed by atoms with Gasteiger partial charge in [0, 0.05) is 7.05 Å². The molecule has 0 aliphatic heterocycles. The summed E-state index contributed by atoms with van der Waals surface area (Å²) >= 11 is 5.91. The first-order valence-electron chi connectivity index (χ1n) is 7.80. The van der Waals surface area contributed by atoms with Gasteiger partial charge >= 0.3 is 6.18 Å². The number of rotatable bonds is 6. The lowest BCUT2D eigenvalue weighted by atomic mass is 10.0. The normalized spacial score (nSPS) is 11.9. The summed E-state index contributed by atoms with van der Waals surface area (Å²) in [4.78, 5) is 12.1. The Hall–Kier alpha value is -2.67. The van der Waals surface area contributed by atoms with Crippen molar-refractivity contribution in [1.29, 1.82) is 0 Å². The van der Waals surface area contributed by atoms with E-state index in [9.17, 15) is 18.0 Å². The van der Waals surface area contributed by atoms with Crippen molar-refractivity contribution in [2.45, 2.75) is 12.8 Å². The predicted octanol–water partition coefficient (Wildman–Crippen LogP) is 4.67. The number of benzene rings is 2. The molecule has 27 heavy (non-hydrogen) atoms. The Labute approximate surface area is 159 Å². The SMILES string of the molecule is CNC(=O)/C(=C/OC)c1ccccc1COc1ccc(C(F)(F)F)cc1Cl. The fraction of sp³-hybridized carbons (Fsp3) is 0.211. The van der Waals surface area contributed by atoms with E-state index in [1.165, 1.54) is 26.5 Å². The first-order valence-corrected chi connectivity index (χ1v) is 8.18. The molecular formula is C19H17ClF3NO3. The van der Waals surface area contributed by atoms with E-state index in [4.69, 9.17) is 21.1 Å². The second-order valence-electron chi connectivity index (χ2n) is 5.44. The predicted molar refractivity (Wildman–Crippen MR) is 96.3 cm³/mol. The van der Waals surface area contributed by atoms with E-state index in [1.807, 2.05) is 0 Å². The van der Waals surface area contributed by atoms with Gasteiger partial charge in [-0.3, -0.25) is 4.79 Å². The standard InChI is InChI=1S/C19H17ClF3NO3/c1-24-18(25)15(11-26-2)14-6-4-3-5-12(14)10-27-17-8-7-13(9-16(17)20)19(21,22)23/h3-9,11H,10H2,1-2H3,(H,24,25)/b15-11+. The van der Waals surface area contributed by atoms with Gasteiger partial charge in [0.05, 0.1) is 29.5 Å². The van der Waals surface area contributed by atoms with Crippen LogP contribution in [0.5, 0.6) is 5.75 Å². The third-order valence-electron chi connectivity index (χ3n) is 3.66. The second kappa shape index (κ2) is 8.81. The van der Waals surface area contributed by atoms with Crippen LogP contribution in [0.3, 0.4) is 0 Å². The quantitative estimate of drug-likeness (QED) is 0.567. The first-order chi connectivity index (χ1) is 12.8. The zero-order chi connectivity index (χ0) is 20.0. The van der Waals surface area contributed by atoms with Gasteiger partial charge in [0.2, 0.25) is 0 Å². The Morgan fingerprint density at radius 2 is 1.93 bits per heavy atom. The maximum atomic E-state index is 12.7. The number of methoxy groups -OCH3 is 1. The van der Waals surface area contributed by atoms with Gasteiger partial charge in [0.25, 0.3) is 5.91 Å². The number of carbonyl (C=O) groups is 1. The summed E-state index contributed by atoms with van der Waals surface area (Å²) in [5, 5.41) is 2.37. The smallest absolute Gasteiger partial charge is 0.416 e. The molecule has 4 nitrogen and oxygen atoms in total. The largest absolute Gasteiger partial charge is 0.504 e. The van der Waals surface area contributed by atoms with Gasteiger partial charge in [-0.25, -0.2) is 0 Å². The zero-order valence-corrected chi connectivity index (χ0v) is 15.3. The van der Waals surface area contributed by atoms with Crippen molar-refractivity contribution >= 4 is 23.1 Å². The highest BCUT2D eigenvalue weighted by Crippen LogP contribution is 2.35. The molecule has 0 saturated heterocycles. The Kier molecular flexibility index (Phi) is 6.74. The molecule has 2 aromatic carbocycles. The number of amides is 1. The Morgan fingerprint density at radius 3 is 2.52 bits per heavy atom. The minimum Gasteiger partial charge on any atom is -0.504 e. The molecule has 0 radical (unpaired) electrons. The summed E-state index contributed by atoms with van der Waals surface area (Å²) < 4.78 is 48.7. The fourth-order valence-electron chi connectivity index (χ4n) is 2.35. The van der Waals surface area contributed by atoms with Crippen molar-refractivity contribution in [3.8, 4) is 5.75 Å². The highest BCUT2D eigenvalue weighted by Gasteiger charge is 2.31. The molecule has 0 atom stereocenters. The number of halogens is 4. The summed E-state index contributed by atoms with van der Waals surface area (Å²) in [6, 6.07) is 9.82. The fourth-order valence-corrected chi connectivity index (χ4v) is 2.59. The van der Waals surface area contributed by atoms with Crippen LogP contribution in [0, 0.1) is 0 Å². The van der Waals surface area contributed by atoms with Crippen LogP contribution < -0.4 is 10.1 Å². The molecule has 0 saturated carbocycles. The number of likely N-dealkylation sites (N-methyl/N-ethyl adjacent to an activating group) is 1. The molecule has 0 heterocycles. The van der Waals surface area contributed by atoms with Gasteiger partial charge < -0.3 is 14.8 Å².